The fourth-order valence-corrected chi connectivity index (χ4v) is 0.891. The number of hydrogen-bond donors (Lipinski definition) is 1. The smallest absolute Gasteiger partial charge is 0.268 e. The number of nitrogens with one attached hydrogen (secondary N) is 1. The summed E-state index contributed by atoms with van der Waals surface area (Å²) in [7, 11) is 3.75. The summed E-state index contributed by atoms with van der Waals surface area (Å²) in [5, 5.41) is 8.47. The number of rotatable bonds is 2. The fourth-order valence-electron chi connectivity index (χ4n) is 0.891. The van der Waals surface area contributed by atoms with Crippen LogP contribution in [0.15, 0.2) is 11.0 Å². The Labute approximate surface area is 75.6 Å². The van der Waals surface area contributed by atoms with Gasteiger partial charge < -0.3 is 9.88 Å². The molecule has 0 spiro atoms. The summed E-state index contributed by atoms with van der Waals surface area (Å²) < 4.78 is 0. The van der Waals surface area contributed by atoms with Crippen LogP contribution < -0.4 is 5.56 Å². The first-order valence-corrected chi connectivity index (χ1v) is 3.76. The van der Waals surface area contributed by atoms with E-state index in [1.165, 1.54) is 6.20 Å². The lowest BCUT2D eigenvalue weighted by atomic mass is 10.4. The summed E-state index contributed by atoms with van der Waals surface area (Å²) in [6, 6.07) is 1.76. The molecule has 0 aliphatic heterocycles. The minimum Gasteiger partial charge on any atom is -0.308 e. The molecule has 1 aromatic heterocycles. The molecule has 5 heteroatoms. The maximum atomic E-state index is 11.1. The van der Waals surface area contributed by atoms with Gasteiger partial charge in [0.1, 0.15) is 17.5 Å². The highest BCUT2D eigenvalue weighted by molar-refractivity contribution is 5.21. The highest BCUT2D eigenvalue weighted by atomic mass is 16.1. The van der Waals surface area contributed by atoms with Gasteiger partial charge in [0, 0.05) is 0 Å². The summed E-state index contributed by atoms with van der Waals surface area (Å²) >= 11 is 0. The average Bonchev–Trinajstić information content (AvgIpc) is 2.03. The summed E-state index contributed by atoms with van der Waals surface area (Å²) in [6.45, 7) is 0.556. The van der Waals surface area contributed by atoms with E-state index < -0.39 is 0 Å². The number of nitrogens with zero attached hydrogens (tertiary/aromatic N) is 3. The Bertz CT molecular complexity index is 388. The first-order chi connectivity index (χ1) is 6.13. The van der Waals surface area contributed by atoms with E-state index in [2.05, 4.69) is 9.97 Å². The van der Waals surface area contributed by atoms with Crippen LogP contribution in [0.2, 0.25) is 0 Å². The zero-order chi connectivity index (χ0) is 9.84. The van der Waals surface area contributed by atoms with Crippen molar-refractivity contribution in [1.82, 2.24) is 14.9 Å². The molecule has 0 aliphatic carbocycles. The predicted octanol–water partition coefficient (Wildman–Crippen LogP) is -0.297. The number of aromatic amines is 1. The van der Waals surface area contributed by atoms with Crippen LogP contribution in [-0.2, 0) is 6.54 Å². The van der Waals surface area contributed by atoms with E-state index in [1.807, 2.05) is 19.0 Å². The number of aromatic nitrogens is 2. The van der Waals surface area contributed by atoms with Crippen molar-refractivity contribution in [3.05, 3.63) is 27.9 Å². The number of nitriles is 1. The molecule has 0 unspecified atom stereocenters. The molecule has 0 bridgehead atoms. The van der Waals surface area contributed by atoms with Crippen molar-refractivity contribution < 1.29 is 0 Å². The maximum absolute atomic E-state index is 11.1. The molecule has 0 fully saturated rings. The van der Waals surface area contributed by atoms with Gasteiger partial charge in [0.2, 0.25) is 0 Å². The summed E-state index contributed by atoms with van der Waals surface area (Å²) in [5.41, 5.74) is -0.336. The quantitative estimate of drug-likeness (QED) is 0.675. The second kappa shape index (κ2) is 3.83. The van der Waals surface area contributed by atoms with Crippen molar-refractivity contribution in [1.29, 1.82) is 5.26 Å². The molecule has 5 nitrogen and oxygen atoms in total. The van der Waals surface area contributed by atoms with Crippen LogP contribution in [0.5, 0.6) is 0 Å². The molecule has 0 aliphatic rings. The third-order valence-corrected chi connectivity index (χ3v) is 1.44. The zero-order valence-corrected chi connectivity index (χ0v) is 7.53. The third-order valence-electron chi connectivity index (χ3n) is 1.44. The number of H-pyrrole nitrogens is 1. The van der Waals surface area contributed by atoms with Crippen LogP contribution >= 0.6 is 0 Å². The topological polar surface area (TPSA) is 72.8 Å². The van der Waals surface area contributed by atoms with Gasteiger partial charge in [0.05, 0.1) is 12.7 Å². The van der Waals surface area contributed by atoms with Gasteiger partial charge in [-0.25, -0.2) is 4.98 Å². The van der Waals surface area contributed by atoms with E-state index in [-0.39, 0.29) is 11.1 Å². The highest BCUT2D eigenvalue weighted by Crippen LogP contribution is 1.91. The Kier molecular flexibility index (Phi) is 2.77. The van der Waals surface area contributed by atoms with E-state index in [9.17, 15) is 4.79 Å². The molecule has 0 radical (unpaired) electrons. The van der Waals surface area contributed by atoms with E-state index in [0.717, 1.165) is 0 Å². The maximum Gasteiger partial charge on any atom is 0.268 e. The Morgan fingerprint density at radius 3 is 2.85 bits per heavy atom. The fraction of sp³-hybridized carbons (Fsp3) is 0.375. The molecule has 0 saturated heterocycles. The van der Waals surface area contributed by atoms with Gasteiger partial charge in [0.15, 0.2) is 0 Å². The SMILES string of the molecule is CN(C)Cc1ncc(C#N)c(=O)[nH]1. The minimum atomic E-state index is -0.380. The second-order valence-corrected chi connectivity index (χ2v) is 2.92. The van der Waals surface area contributed by atoms with Gasteiger partial charge in [-0.3, -0.25) is 4.79 Å². The lowest BCUT2D eigenvalue weighted by molar-refractivity contribution is 0.389. The lowest BCUT2D eigenvalue weighted by Gasteiger charge is -2.07. The lowest BCUT2D eigenvalue weighted by Crippen LogP contribution is -2.19. The van der Waals surface area contributed by atoms with Gasteiger partial charge in [-0.1, -0.05) is 0 Å². The van der Waals surface area contributed by atoms with Gasteiger partial charge in [0.25, 0.3) is 5.56 Å². The molecule has 0 aromatic carbocycles. The van der Waals surface area contributed by atoms with Crippen LogP contribution in [-0.4, -0.2) is 29.0 Å². The zero-order valence-electron chi connectivity index (χ0n) is 7.53. The van der Waals surface area contributed by atoms with E-state index in [4.69, 9.17) is 5.26 Å². The van der Waals surface area contributed by atoms with E-state index in [1.54, 1.807) is 6.07 Å². The van der Waals surface area contributed by atoms with Gasteiger partial charge in [-0.05, 0) is 14.1 Å². The molecule has 13 heavy (non-hydrogen) atoms. The summed E-state index contributed by atoms with van der Waals surface area (Å²) in [5.74, 6) is 0.564. The standard InChI is InChI=1S/C8H10N4O/c1-12(2)5-7-10-4-6(3-9)8(13)11-7/h4H,5H2,1-2H3,(H,10,11,13). The summed E-state index contributed by atoms with van der Waals surface area (Å²) in [4.78, 5) is 19.5. The normalized spacial score (nSPS) is 10.0. The monoisotopic (exact) mass is 178 g/mol. The molecule has 1 aromatic rings. The van der Waals surface area contributed by atoms with Crippen molar-refractivity contribution in [2.75, 3.05) is 14.1 Å². The molecule has 68 valence electrons. The number of hydrogen-bond acceptors (Lipinski definition) is 4. The molecule has 0 saturated carbocycles. The largest absolute Gasteiger partial charge is 0.308 e. The van der Waals surface area contributed by atoms with E-state index >= 15 is 0 Å². The van der Waals surface area contributed by atoms with E-state index in [0.29, 0.717) is 12.4 Å². The van der Waals surface area contributed by atoms with Crippen molar-refractivity contribution in [2.24, 2.45) is 0 Å². The summed E-state index contributed by atoms with van der Waals surface area (Å²) in [6.07, 6.45) is 1.29. The van der Waals surface area contributed by atoms with Gasteiger partial charge in [-0.2, -0.15) is 5.26 Å². The van der Waals surface area contributed by atoms with Crippen LogP contribution in [0.3, 0.4) is 0 Å². The molecular weight excluding hydrogens is 168 g/mol. The van der Waals surface area contributed by atoms with Crippen molar-refractivity contribution in [2.45, 2.75) is 6.54 Å². The van der Waals surface area contributed by atoms with Crippen LogP contribution in [0, 0.1) is 11.3 Å². The van der Waals surface area contributed by atoms with Crippen molar-refractivity contribution in [3.8, 4) is 6.07 Å². The Hall–Kier alpha value is -1.67. The molecule has 0 atom stereocenters. The van der Waals surface area contributed by atoms with Crippen LogP contribution in [0.25, 0.3) is 0 Å². The minimum absolute atomic E-state index is 0.0440. The first-order valence-electron chi connectivity index (χ1n) is 3.76. The predicted molar refractivity (Wildman–Crippen MR) is 47.0 cm³/mol. The molecule has 0 amide bonds. The highest BCUT2D eigenvalue weighted by Gasteiger charge is 2.01. The Morgan fingerprint density at radius 2 is 2.38 bits per heavy atom. The van der Waals surface area contributed by atoms with Gasteiger partial charge in [-0.15, -0.1) is 0 Å². The second-order valence-electron chi connectivity index (χ2n) is 2.92. The van der Waals surface area contributed by atoms with Crippen LogP contribution in [0.4, 0.5) is 0 Å². The Balaban J connectivity index is 2.98. The van der Waals surface area contributed by atoms with Crippen molar-refractivity contribution in [3.63, 3.8) is 0 Å². The Morgan fingerprint density at radius 1 is 1.69 bits per heavy atom. The first kappa shape index (κ1) is 9.42. The molecular formula is C8H10N4O. The van der Waals surface area contributed by atoms with Crippen molar-refractivity contribution >= 4 is 0 Å². The third kappa shape index (κ3) is 2.39. The average molecular weight is 178 g/mol. The molecule has 1 N–H and O–H groups in total. The van der Waals surface area contributed by atoms with Crippen LogP contribution in [0.1, 0.15) is 11.4 Å². The van der Waals surface area contributed by atoms with Gasteiger partial charge >= 0.3 is 0 Å². The molecule has 1 rings (SSSR count). The molecule has 1 heterocycles.